The Morgan fingerprint density at radius 1 is 1.04 bits per heavy atom. The molecule has 8 nitrogen and oxygen atoms in total. The number of hydrogen-bond donors (Lipinski definition) is 1. The predicted molar refractivity (Wildman–Crippen MR) is 92.4 cm³/mol. The van der Waals surface area contributed by atoms with Gasteiger partial charge in [0.2, 0.25) is 5.95 Å². The van der Waals surface area contributed by atoms with E-state index in [1.807, 2.05) is 24.3 Å². The Labute approximate surface area is 145 Å². The highest BCUT2D eigenvalue weighted by atomic mass is 16.5. The fraction of sp³-hybridized carbons (Fsp3) is 0.294. The number of para-hydroxylation sites is 2. The van der Waals surface area contributed by atoms with Crippen molar-refractivity contribution in [1.29, 1.82) is 0 Å². The number of benzene rings is 1. The molecule has 1 saturated heterocycles. The standard InChI is InChI=1S/C17H19N5O3/c1-25-14-6-3-2-5-13(14)21-9-11-22(12-10-21)16(24)15(23)20-17-18-7-4-8-19-17/h2-8H,9-12H2,1H3,(H,18,19,20,23). The SMILES string of the molecule is COc1ccccc1N1CCN(C(=O)C(=O)Nc2ncccn2)CC1. The summed E-state index contributed by atoms with van der Waals surface area (Å²) >= 11 is 0. The number of nitrogens with zero attached hydrogens (tertiary/aromatic N) is 4. The van der Waals surface area contributed by atoms with E-state index in [2.05, 4.69) is 20.2 Å². The molecule has 1 aliphatic heterocycles. The van der Waals surface area contributed by atoms with E-state index < -0.39 is 11.8 Å². The summed E-state index contributed by atoms with van der Waals surface area (Å²) in [6.45, 7) is 2.17. The van der Waals surface area contributed by atoms with E-state index in [1.54, 1.807) is 13.2 Å². The third kappa shape index (κ3) is 3.85. The molecule has 2 heterocycles. The van der Waals surface area contributed by atoms with Crippen molar-refractivity contribution in [2.45, 2.75) is 0 Å². The fourth-order valence-corrected chi connectivity index (χ4v) is 2.70. The molecule has 1 aromatic heterocycles. The zero-order valence-electron chi connectivity index (χ0n) is 13.9. The van der Waals surface area contributed by atoms with Gasteiger partial charge < -0.3 is 14.5 Å². The second-order valence-electron chi connectivity index (χ2n) is 5.48. The second-order valence-corrected chi connectivity index (χ2v) is 5.48. The summed E-state index contributed by atoms with van der Waals surface area (Å²) in [5.41, 5.74) is 0.985. The molecule has 1 N–H and O–H groups in total. The van der Waals surface area contributed by atoms with Crippen LogP contribution in [0.1, 0.15) is 0 Å². The van der Waals surface area contributed by atoms with Gasteiger partial charge in [-0.1, -0.05) is 12.1 Å². The number of aromatic nitrogens is 2. The highest BCUT2D eigenvalue weighted by Crippen LogP contribution is 2.28. The first-order valence-corrected chi connectivity index (χ1v) is 7.94. The van der Waals surface area contributed by atoms with E-state index in [4.69, 9.17) is 4.74 Å². The van der Waals surface area contributed by atoms with Gasteiger partial charge in [-0.15, -0.1) is 0 Å². The van der Waals surface area contributed by atoms with Crippen LogP contribution >= 0.6 is 0 Å². The summed E-state index contributed by atoms with van der Waals surface area (Å²) in [5, 5.41) is 2.41. The Balaban J connectivity index is 1.58. The lowest BCUT2D eigenvalue weighted by molar-refractivity contribution is -0.143. The summed E-state index contributed by atoms with van der Waals surface area (Å²) < 4.78 is 5.38. The number of piperazine rings is 1. The third-order valence-corrected chi connectivity index (χ3v) is 3.98. The van der Waals surface area contributed by atoms with Gasteiger partial charge in [0.05, 0.1) is 12.8 Å². The summed E-state index contributed by atoms with van der Waals surface area (Å²) in [5.74, 6) is -0.390. The van der Waals surface area contributed by atoms with Crippen molar-refractivity contribution < 1.29 is 14.3 Å². The lowest BCUT2D eigenvalue weighted by atomic mass is 10.2. The lowest BCUT2D eigenvalue weighted by Crippen LogP contribution is -2.51. The molecular weight excluding hydrogens is 322 g/mol. The monoisotopic (exact) mass is 341 g/mol. The molecule has 0 aliphatic carbocycles. The number of amides is 2. The van der Waals surface area contributed by atoms with Gasteiger partial charge in [-0.05, 0) is 18.2 Å². The van der Waals surface area contributed by atoms with Gasteiger partial charge in [0.1, 0.15) is 5.75 Å². The van der Waals surface area contributed by atoms with Crippen molar-refractivity contribution in [1.82, 2.24) is 14.9 Å². The quantitative estimate of drug-likeness (QED) is 0.830. The highest BCUT2D eigenvalue weighted by Gasteiger charge is 2.27. The summed E-state index contributed by atoms with van der Waals surface area (Å²) in [6.07, 6.45) is 3.00. The number of hydrogen-bond acceptors (Lipinski definition) is 6. The summed E-state index contributed by atoms with van der Waals surface area (Å²) in [6, 6.07) is 9.38. The number of rotatable bonds is 3. The molecular formula is C17H19N5O3. The smallest absolute Gasteiger partial charge is 0.316 e. The molecule has 0 saturated carbocycles. The molecule has 8 heteroatoms. The number of carbonyl (C=O) groups excluding carboxylic acids is 2. The zero-order valence-corrected chi connectivity index (χ0v) is 13.9. The van der Waals surface area contributed by atoms with Crippen LogP contribution in [0.15, 0.2) is 42.7 Å². The number of anilines is 2. The Morgan fingerprint density at radius 3 is 2.40 bits per heavy atom. The molecule has 0 atom stereocenters. The van der Waals surface area contributed by atoms with Crippen molar-refractivity contribution in [3.63, 3.8) is 0 Å². The van der Waals surface area contributed by atoms with Crippen LogP contribution in [0, 0.1) is 0 Å². The molecule has 1 fully saturated rings. The molecule has 0 radical (unpaired) electrons. The first kappa shape index (κ1) is 16.7. The largest absolute Gasteiger partial charge is 0.495 e. The van der Waals surface area contributed by atoms with Gasteiger partial charge in [0.25, 0.3) is 0 Å². The minimum absolute atomic E-state index is 0.119. The predicted octanol–water partition coefficient (Wildman–Crippen LogP) is 0.772. The molecule has 25 heavy (non-hydrogen) atoms. The fourth-order valence-electron chi connectivity index (χ4n) is 2.70. The minimum Gasteiger partial charge on any atom is -0.495 e. The maximum Gasteiger partial charge on any atom is 0.316 e. The van der Waals surface area contributed by atoms with Crippen LogP contribution in [0.4, 0.5) is 11.6 Å². The van der Waals surface area contributed by atoms with E-state index >= 15 is 0 Å². The van der Waals surface area contributed by atoms with Crippen LogP contribution in [0.5, 0.6) is 5.75 Å². The van der Waals surface area contributed by atoms with Crippen molar-refractivity contribution in [3.05, 3.63) is 42.7 Å². The first-order chi connectivity index (χ1) is 12.2. The van der Waals surface area contributed by atoms with E-state index in [9.17, 15) is 9.59 Å². The molecule has 0 spiro atoms. The van der Waals surface area contributed by atoms with E-state index in [0.717, 1.165) is 11.4 Å². The minimum atomic E-state index is -0.725. The van der Waals surface area contributed by atoms with Crippen LogP contribution in [0.3, 0.4) is 0 Å². The van der Waals surface area contributed by atoms with Crippen LogP contribution < -0.4 is 15.0 Å². The van der Waals surface area contributed by atoms with Crippen molar-refractivity contribution in [3.8, 4) is 5.75 Å². The van der Waals surface area contributed by atoms with Gasteiger partial charge in [0, 0.05) is 38.6 Å². The first-order valence-electron chi connectivity index (χ1n) is 7.94. The lowest BCUT2D eigenvalue weighted by Gasteiger charge is -2.36. The molecule has 3 rings (SSSR count). The van der Waals surface area contributed by atoms with Crippen molar-refractivity contribution in [2.75, 3.05) is 43.5 Å². The van der Waals surface area contributed by atoms with Gasteiger partial charge in [-0.3, -0.25) is 14.9 Å². The molecule has 1 aliphatic rings. The Kier molecular flexibility index (Phi) is 5.08. The summed E-state index contributed by atoms with van der Waals surface area (Å²) in [4.78, 5) is 35.8. The van der Waals surface area contributed by atoms with Gasteiger partial charge in [-0.2, -0.15) is 0 Å². The van der Waals surface area contributed by atoms with Crippen LogP contribution in [0.2, 0.25) is 0 Å². The van der Waals surface area contributed by atoms with Crippen molar-refractivity contribution >= 4 is 23.5 Å². The van der Waals surface area contributed by atoms with Crippen LogP contribution in [-0.2, 0) is 9.59 Å². The molecule has 0 unspecified atom stereocenters. The average molecular weight is 341 g/mol. The number of methoxy groups -OCH3 is 1. The average Bonchev–Trinajstić information content (AvgIpc) is 2.68. The highest BCUT2D eigenvalue weighted by molar-refractivity contribution is 6.39. The van der Waals surface area contributed by atoms with Gasteiger partial charge in [-0.25, -0.2) is 9.97 Å². The molecule has 2 amide bonds. The Morgan fingerprint density at radius 2 is 1.72 bits per heavy atom. The van der Waals surface area contributed by atoms with Gasteiger partial charge in [0.15, 0.2) is 0 Å². The summed E-state index contributed by atoms with van der Waals surface area (Å²) in [7, 11) is 1.63. The number of ether oxygens (including phenoxy) is 1. The number of nitrogens with one attached hydrogen (secondary N) is 1. The molecule has 0 bridgehead atoms. The van der Waals surface area contributed by atoms with Crippen LogP contribution in [0.25, 0.3) is 0 Å². The van der Waals surface area contributed by atoms with E-state index in [-0.39, 0.29) is 5.95 Å². The Hall–Kier alpha value is -3.16. The molecule has 2 aromatic rings. The maximum atomic E-state index is 12.3. The second kappa shape index (κ2) is 7.61. The number of carbonyl (C=O) groups is 2. The van der Waals surface area contributed by atoms with E-state index in [0.29, 0.717) is 26.2 Å². The maximum absolute atomic E-state index is 12.3. The molecule has 1 aromatic carbocycles. The topological polar surface area (TPSA) is 87.7 Å². The van der Waals surface area contributed by atoms with Crippen molar-refractivity contribution in [2.24, 2.45) is 0 Å². The Bertz CT molecular complexity index is 745. The van der Waals surface area contributed by atoms with E-state index in [1.165, 1.54) is 17.3 Å². The normalized spacial score (nSPS) is 14.1. The zero-order chi connectivity index (χ0) is 17.6. The van der Waals surface area contributed by atoms with Gasteiger partial charge >= 0.3 is 11.8 Å². The third-order valence-electron chi connectivity index (χ3n) is 3.98. The molecule has 130 valence electrons. The van der Waals surface area contributed by atoms with Crippen LogP contribution in [-0.4, -0.2) is 60.0 Å².